The molecule has 1 heterocycles. The van der Waals surface area contributed by atoms with Gasteiger partial charge < -0.3 is 15.6 Å². The summed E-state index contributed by atoms with van der Waals surface area (Å²) in [5.41, 5.74) is 6.16. The Morgan fingerprint density at radius 3 is 2.66 bits per heavy atom. The molecule has 0 spiro atoms. The van der Waals surface area contributed by atoms with Gasteiger partial charge in [0.15, 0.2) is 0 Å². The molecule has 29 heavy (non-hydrogen) atoms. The highest BCUT2D eigenvalue weighted by molar-refractivity contribution is 5.90. The summed E-state index contributed by atoms with van der Waals surface area (Å²) in [6, 6.07) is 4.00. The van der Waals surface area contributed by atoms with Gasteiger partial charge in [-0.3, -0.25) is 0 Å². The van der Waals surface area contributed by atoms with Gasteiger partial charge in [0.05, 0.1) is 23.6 Å². The lowest BCUT2D eigenvalue weighted by Gasteiger charge is -2.28. The number of alkyl halides is 1. The van der Waals surface area contributed by atoms with E-state index in [1.54, 1.807) is 20.8 Å². The molecular formula is C21H25F2N3O3. The Kier molecular flexibility index (Phi) is 5.84. The van der Waals surface area contributed by atoms with Crippen LogP contribution in [0.15, 0.2) is 24.4 Å². The van der Waals surface area contributed by atoms with E-state index in [2.05, 4.69) is 9.97 Å². The largest absolute Gasteiger partial charge is 0.456 e. The zero-order chi connectivity index (χ0) is 21.3. The number of ether oxygens (including phenoxy) is 1. The third-order valence-corrected chi connectivity index (χ3v) is 4.84. The molecule has 3 N–H and O–H groups in total. The van der Waals surface area contributed by atoms with Gasteiger partial charge in [-0.1, -0.05) is 6.07 Å². The van der Waals surface area contributed by atoms with Crippen LogP contribution in [0.5, 0.6) is 0 Å². The van der Waals surface area contributed by atoms with Gasteiger partial charge in [0.25, 0.3) is 0 Å². The van der Waals surface area contributed by atoms with Crippen LogP contribution in [0.2, 0.25) is 0 Å². The molecule has 0 amide bonds. The summed E-state index contributed by atoms with van der Waals surface area (Å²) in [6.45, 7) is 5.10. The second-order valence-electron chi connectivity index (χ2n) is 8.32. The standard InChI is InChI=1S/C21H25F2N3O3/c1-21(2,3)29-20(28)13-6-4-12(9-14(13)22)18-19(24)25-10-16(26-18)11-5-7-17(27)15(23)8-11/h4,6,9-11,15,17,27H,5,7-8H2,1-3H3,(H2,24,25). The van der Waals surface area contributed by atoms with Crippen molar-refractivity contribution in [3.63, 3.8) is 0 Å². The number of carbonyl (C=O) groups is 1. The summed E-state index contributed by atoms with van der Waals surface area (Å²) >= 11 is 0. The third-order valence-electron chi connectivity index (χ3n) is 4.84. The first kappa shape index (κ1) is 21.1. The van der Waals surface area contributed by atoms with E-state index in [9.17, 15) is 18.7 Å². The van der Waals surface area contributed by atoms with Gasteiger partial charge in [0.2, 0.25) is 0 Å². The monoisotopic (exact) mass is 405 g/mol. The van der Waals surface area contributed by atoms with Gasteiger partial charge in [-0.25, -0.2) is 23.5 Å². The van der Waals surface area contributed by atoms with Crippen molar-refractivity contribution < 1.29 is 23.4 Å². The molecule has 1 aromatic heterocycles. The van der Waals surface area contributed by atoms with E-state index in [4.69, 9.17) is 10.5 Å². The maximum atomic E-state index is 14.6. The number of aromatic nitrogens is 2. The number of benzene rings is 1. The van der Waals surface area contributed by atoms with Crippen LogP contribution in [0.3, 0.4) is 0 Å². The van der Waals surface area contributed by atoms with E-state index in [-0.39, 0.29) is 29.4 Å². The number of nitrogen functional groups attached to an aromatic ring is 1. The molecule has 1 aromatic carbocycles. The van der Waals surface area contributed by atoms with E-state index in [1.807, 2.05) is 0 Å². The number of esters is 1. The van der Waals surface area contributed by atoms with Crippen LogP contribution in [0.4, 0.5) is 14.6 Å². The molecule has 3 rings (SSSR count). The maximum Gasteiger partial charge on any atom is 0.341 e. The number of hydrogen-bond donors (Lipinski definition) is 2. The molecule has 1 fully saturated rings. The van der Waals surface area contributed by atoms with Crippen molar-refractivity contribution in [3.05, 3.63) is 41.5 Å². The first-order valence-electron chi connectivity index (χ1n) is 9.53. The number of carbonyl (C=O) groups excluding carboxylic acids is 1. The second kappa shape index (κ2) is 8.02. The highest BCUT2D eigenvalue weighted by Gasteiger charge is 2.31. The molecular weight excluding hydrogens is 380 g/mol. The Balaban J connectivity index is 1.89. The average Bonchev–Trinajstić information content (AvgIpc) is 2.63. The van der Waals surface area contributed by atoms with Gasteiger partial charge in [0.1, 0.15) is 29.1 Å². The van der Waals surface area contributed by atoms with Crippen LogP contribution in [0.1, 0.15) is 62.0 Å². The summed E-state index contributed by atoms with van der Waals surface area (Å²) in [6.07, 6.45) is 0.270. The van der Waals surface area contributed by atoms with Gasteiger partial charge in [0, 0.05) is 11.5 Å². The Morgan fingerprint density at radius 2 is 2.03 bits per heavy atom. The number of nitrogens with zero attached hydrogens (tertiary/aromatic N) is 2. The molecule has 1 aliphatic carbocycles. The molecule has 0 aliphatic heterocycles. The number of anilines is 1. The zero-order valence-corrected chi connectivity index (χ0v) is 16.7. The van der Waals surface area contributed by atoms with Crippen LogP contribution in [0.25, 0.3) is 11.3 Å². The fourth-order valence-corrected chi connectivity index (χ4v) is 3.35. The normalized spacial score (nSPS) is 22.3. The van der Waals surface area contributed by atoms with Crippen molar-refractivity contribution in [3.8, 4) is 11.3 Å². The van der Waals surface area contributed by atoms with Gasteiger partial charge in [-0.05, 0) is 52.2 Å². The fraction of sp³-hybridized carbons (Fsp3) is 0.476. The molecule has 156 valence electrons. The number of aliphatic hydroxyl groups excluding tert-OH is 1. The van der Waals surface area contributed by atoms with E-state index in [0.717, 1.165) is 6.07 Å². The quantitative estimate of drug-likeness (QED) is 0.754. The Hall–Kier alpha value is -2.61. The predicted octanol–water partition coefficient (Wildman–Crippen LogP) is 3.79. The van der Waals surface area contributed by atoms with Crippen molar-refractivity contribution in [2.75, 3.05) is 5.73 Å². The predicted molar refractivity (Wildman–Crippen MR) is 105 cm³/mol. The molecule has 0 saturated heterocycles. The maximum absolute atomic E-state index is 14.6. The van der Waals surface area contributed by atoms with Crippen LogP contribution in [-0.4, -0.2) is 38.9 Å². The molecule has 3 atom stereocenters. The molecule has 8 heteroatoms. The van der Waals surface area contributed by atoms with Crippen molar-refractivity contribution in [1.29, 1.82) is 0 Å². The minimum atomic E-state index is -1.32. The van der Waals surface area contributed by atoms with E-state index in [1.165, 1.54) is 18.3 Å². The molecule has 0 radical (unpaired) electrons. The van der Waals surface area contributed by atoms with Crippen LogP contribution in [-0.2, 0) is 4.74 Å². The lowest BCUT2D eigenvalue weighted by Crippen LogP contribution is -2.30. The molecule has 6 nitrogen and oxygen atoms in total. The molecule has 2 aromatic rings. The second-order valence-corrected chi connectivity index (χ2v) is 8.32. The smallest absolute Gasteiger partial charge is 0.341 e. The topological polar surface area (TPSA) is 98.3 Å². The molecule has 0 bridgehead atoms. The molecule has 1 saturated carbocycles. The minimum absolute atomic E-state index is 0.103. The summed E-state index contributed by atoms with van der Waals surface area (Å²) in [5, 5.41) is 9.58. The summed E-state index contributed by atoms with van der Waals surface area (Å²) in [4.78, 5) is 20.8. The highest BCUT2D eigenvalue weighted by atomic mass is 19.1. The van der Waals surface area contributed by atoms with Crippen molar-refractivity contribution in [1.82, 2.24) is 9.97 Å². The minimum Gasteiger partial charge on any atom is -0.456 e. The summed E-state index contributed by atoms with van der Waals surface area (Å²) < 4.78 is 33.7. The van der Waals surface area contributed by atoms with Crippen LogP contribution in [0, 0.1) is 5.82 Å². The van der Waals surface area contributed by atoms with Gasteiger partial charge in [-0.15, -0.1) is 0 Å². The van der Waals surface area contributed by atoms with Crippen molar-refractivity contribution >= 4 is 11.8 Å². The molecule has 1 aliphatic rings. The van der Waals surface area contributed by atoms with Gasteiger partial charge in [-0.2, -0.15) is 0 Å². The number of nitrogens with two attached hydrogens (primary N) is 1. The van der Waals surface area contributed by atoms with Crippen LogP contribution < -0.4 is 5.73 Å². The van der Waals surface area contributed by atoms with Crippen molar-refractivity contribution in [2.24, 2.45) is 0 Å². The number of rotatable bonds is 3. The molecule has 3 unspecified atom stereocenters. The number of halogens is 2. The summed E-state index contributed by atoms with van der Waals surface area (Å²) in [5.74, 6) is -1.62. The SMILES string of the molecule is CC(C)(C)OC(=O)c1ccc(-c2nc(C3CCC(O)C(F)C3)cnc2N)cc1F. The van der Waals surface area contributed by atoms with Gasteiger partial charge >= 0.3 is 5.97 Å². The first-order chi connectivity index (χ1) is 13.5. The summed E-state index contributed by atoms with van der Waals surface area (Å²) in [7, 11) is 0. The average molecular weight is 405 g/mol. The fourth-order valence-electron chi connectivity index (χ4n) is 3.35. The van der Waals surface area contributed by atoms with Crippen LogP contribution >= 0.6 is 0 Å². The highest BCUT2D eigenvalue weighted by Crippen LogP contribution is 2.35. The van der Waals surface area contributed by atoms with Crippen molar-refractivity contribution in [2.45, 2.75) is 63.8 Å². The Morgan fingerprint density at radius 1 is 1.31 bits per heavy atom. The third kappa shape index (κ3) is 4.87. The van der Waals surface area contributed by atoms with E-state index >= 15 is 0 Å². The Bertz CT molecular complexity index is 915. The Labute approximate surface area is 168 Å². The zero-order valence-electron chi connectivity index (χ0n) is 16.7. The first-order valence-corrected chi connectivity index (χ1v) is 9.53. The van der Waals surface area contributed by atoms with E-state index in [0.29, 0.717) is 24.1 Å². The number of hydrogen-bond acceptors (Lipinski definition) is 6. The number of aliphatic hydroxyl groups is 1. The van der Waals surface area contributed by atoms with E-state index < -0.39 is 29.7 Å². The lowest BCUT2D eigenvalue weighted by molar-refractivity contribution is 0.00647. The lowest BCUT2D eigenvalue weighted by atomic mass is 9.84.